The molecule has 0 aliphatic carbocycles. The van der Waals surface area contributed by atoms with Crippen LogP contribution in [0.5, 0.6) is 17.2 Å². The van der Waals surface area contributed by atoms with E-state index in [0.717, 1.165) is 5.56 Å². The predicted molar refractivity (Wildman–Crippen MR) is 137 cm³/mol. The van der Waals surface area contributed by atoms with Gasteiger partial charge in [0.2, 0.25) is 22.4 Å². The van der Waals surface area contributed by atoms with Gasteiger partial charge in [0.05, 0.1) is 0 Å². The Morgan fingerprint density at radius 1 is 0.781 bits per heavy atom. The molecule has 0 spiro atoms. The molecule has 2 atom stereocenters. The van der Waals surface area contributed by atoms with Gasteiger partial charge in [-0.15, -0.1) is 0 Å². The Kier molecular flexibility index (Phi) is 6.82. The highest BCUT2D eigenvalue weighted by atomic mass is 28.4. The van der Waals surface area contributed by atoms with E-state index in [1.165, 1.54) is 0 Å². The summed E-state index contributed by atoms with van der Waals surface area (Å²) in [5.74, 6) is 1.63. The molecule has 0 bridgehead atoms. The average molecular weight is 489 g/mol. The van der Waals surface area contributed by atoms with E-state index in [1.807, 2.05) is 42.5 Å². The second kappa shape index (κ2) is 8.81. The number of fused-ring (bicyclic) bond motifs is 1. The van der Waals surface area contributed by atoms with Crippen molar-refractivity contribution in [2.75, 3.05) is 0 Å². The zero-order valence-electron chi connectivity index (χ0n) is 20.7. The first-order valence-electron chi connectivity index (χ1n) is 11.1. The molecule has 1 aliphatic heterocycles. The van der Waals surface area contributed by atoms with Crippen LogP contribution in [0.15, 0.2) is 42.5 Å². The van der Waals surface area contributed by atoms with Crippen LogP contribution in [0.2, 0.25) is 58.9 Å². The number of Topliss-reactive ketones (excluding diaryl/α,β-unsaturated/α-hetero) is 1. The molecule has 1 heterocycles. The lowest BCUT2D eigenvalue weighted by atomic mass is 9.93. The number of hydrogen-bond donors (Lipinski definition) is 0. The van der Waals surface area contributed by atoms with E-state index in [4.69, 9.17) is 18.0 Å². The molecule has 0 saturated heterocycles. The highest BCUT2D eigenvalue weighted by molar-refractivity contribution is 6.71. The zero-order valence-corrected chi connectivity index (χ0v) is 23.7. The van der Waals surface area contributed by atoms with Crippen molar-refractivity contribution >= 4 is 30.7 Å². The summed E-state index contributed by atoms with van der Waals surface area (Å²) < 4.78 is 25.6. The number of ether oxygens (including phenoxy) is 1. The van der Waals surface area contributed by atoms with Gasteiger partial charge in [0.15, 0.2) is 20.5 Å². The van der Waals surface area contributed by atoms with Crippen molar-refractivity contribution in [3.8, 4) is 17.2 Å². The van der Waals surface area contributed by atoms with Gasteiger partial charge in [0, 0.05) is 12.1 Å². The molecular formula is C24H36O5Si3. The van der Waals surface area contributed by atoms with Crippen LogP contribution in [0.25, 0.3) is 0 Å². The van der Waals surface area contributed by atoms with Gasteiger partial charge in [-0.25, -0.2) is 0 Å². The summed E-state index contributed by atoms with van der Waals surface area (Å²) in [4.78, 5) is 13.9. The molecule has 0 aromatic heterocycles. The second-order valence-electron chi connectivity index (χ2n) is 11.2. The molecule has 0 saturated carbocycles. The van der Waals surface area contributed by atoms with Gasteiger partial charge in [0.25, 0.3) is 0 Å². The van der Waals surface area contributed by atoms with Crippen LogP contribution in [-0.2, 0) is 4.43 Å². The Hall–Kier alpha value is -1.88. The maximum absolute atomic E-state index is 13.9. The molecule has 2 aromatic rings. The summed E-state index contributed by atoms with van der Waals surface area (Å²) in [5, 5.41) is 0. The Morgan fingerprint density at radius 3 is 1.91 bits per heavy atom. The van der Waals surface area contributed by atoms with E-state index in [2.05, 4.69) is 58.9 Å². The molecule has 1 aliphatic rings. The number of carbonyl (C=O) groups excluding carboxylic acids is 1. The molecule has 2 aromatic carbocycles. The van der Waals surface area contributed by atoms with Crippen LogP contribution in [0.3, 0.4) is 0 Å². The first kappa shape index (κ1) is 24.8. The fraction of sp³-hybridized carbons (Fsp3) is 0.458. The fourth-order valence-corrected chi connectivity index (χ4v) is 6.22. The minimum Gasteiger partial charge on any atom is -0.544 e. The molecule has 2 unspecified atom stereocenters. The first-order chi connectivity index (χ1) is 14.6. The SMILES string of the molecule is C[Si](C)(C)Oc1cc2c(c(O[Si](C)(C)C)c1)C(=O)C(O[Si](C)(C)C)C(c1ccccc1)O2. The molecule has 0 N–H and O–H groups in total. The summed E-state index contributed by atoms with van der Waals surface area (Å²) in [7, 11) is -5.92. The minimum atomic E-state index is -2.04. The molecular weight excluding hydrogens is 453 g/mol. The van der Waals surface area contributed by atoms with Crippen molar-refractivity contribution in [3.05, 3.63) is 53.6 Å². The molecule has 0 amide bonds. The molecule has 32 heavy (non-hydrogen) atoms. The standard InChI is InChI=1S/C24H36O5Si3/c1-30(2,3)27-18-15-19-21(20(16-18)28-31(4,5)6)22(25)24(29-32(7,8)9)23(26-19)17-13-11-10-12-14-17/h10-16,23-24H,1-9H3. The van der Waals surface area contributed by atoms with Crippen molar-refractivity contribution < 1.29 is 22.8 Å². The number of rotatable bonds is 7. The molecule has 0 radical (unpaired) electrons. The lowest BCUT2D eigenvalue weighted by Gasteiger charge is -2.37. The van der Waals surface area contributed by atoms with E-state index < -0.39 is 37.2 Å². The third-order valence-electron chi connectivity index (χ3n) is 4.52. The number of hydrogen-bond acceptors (Lipinski definition) is 5. The van der Waals surface area contributed by atoms with Crippen LogP contribution in [0.1, 0.15) is 22.0 Å². The van der Waals surface area contributed by atoms with Crippen molar-refractivity contribution in [2.24, 2.45) is 0 Å². The third kappa shape index (κ3) is 6.34. The largest absolute Gasteiger partial charge is 0.544 e. The zero-order chi connectivity index (χ0) is 23.9. The fourth-order valence-electron chi connectivity index (χ4n) is 3.58. The second-order valence-corrected chi connectivity index (χ2v) is 24.5. The highest BCUT2D eigenvalue weighted by Crippen LogP contribution is 2.45. The summed E-state index contributed by atoms with van der Waals surface area (Å²) in [6.45, 7) is 18.9. The summed E-state index contributed by atoms with van der Waals surface area (Å²) in [6, 6.07) is 13.5. The molecule has 8 heteroatoms. The summed E-state index contributed by atoms with van der Waals surface area (Å²) in [6.07, 6.45) is -1.24. The Bertz CT molecular complexity index is 972. The number of carbonyl (C=O) groups is 1. The number of ketones is 1. The predicted octanol–water partition coefficient (Wildman–Crippen LogP) is 6.65. The lowest BCUT2D eigenvalue weighted by molar-refractivity contribution is 0.0287. The van der Waals surface area contributed by atoms with Gasteiger partial charge in [-0.3, -0.25) is 4.79 Å². The smallest absolute Gasteiger partial charge is 0.242 e. The van der Waals surface area contributed by atoms with E-state index in [0.29, 0.717) is 22.8 Å². The van der Waals surface area contributed by atoms with Crippen LogP contribution < -0.4 is 13.6 Å². The van der Waals surface area contributed by atoms with Crippen LogP contribution in [-0.4, -0.2) is 36.8 Å². The van der Waals surface area contributed by atoms with Crippen molar-refractivity contribution in [1.82, 2.24) is 0 Å². The molecule has 5 nitrogen and oxygen atoms in total. The Balaban J connectivity index is 2.17. The van der Waals surface area contributed by atoms with E-state index >= 15 is 0 Å². The van der Waals surface area contributed by atoms with Crippen LogP contribution in [0, 0.1) is 0 Å². The van der Waals surface area contributed by atoms with Crippen LogP contribution >= 0.6 is 0 Å². The summed E-state index contributed by atoms with van der Waals surface area (Å²) >= 11 is 0. The molecule has 0 fully saturated rings. The highest BCUT2D eigenvalue weighted by Gasteiger charge is 2.44. The quantitative estimate of drug-likeness (QED) is 0.408. The average Bonchev–Trinajstić information content (AvgIpc) is 2.60. The van der Waals surface area contributed by atoms with Crippen molar-refractivity contribution in [1.29, 1.82) is 0 Å². The normalized spacial score (nSPS) is 19.2. The Labute approximate surface area is 195 Å². The Morgan fingerprint density at radius 2 is 1.38 bits per heavy atom. The molecule has 3 rings (SSSR count). The van der Waals surface area contributed by atoms with Crippen LogP contribution in [0.4, 0.5) is 0 Å². The van der Waals surface area contributed by atoms with Gasteiger partial charge in [-0.05, 0) is 64.5 Å². The van der Waals surface area contributed by atoms with Gasteiger partial charge in [-0.1, -0.05) is 30.3 Å². The summed E-state index contributed by atoms with van der Waals surface area (Å²) in [5.41, 5.74) is 1.38. The van der Waals surface area contributed by atoms with Gasteiger partial charge >= 0.3 is 0 Å². The number of benzene rings is 2. The minimum absolute atomic E-state index is 0.0877. The van der Waals surface area contributed by atoms with Gasteiger partial charge in [-0.2, -0.15) is 0 Å². The third-order valence-corrected chi connectivity index (χ3v) is 7.16. The lowest BCUT2D eigenvalue weighted by Crippen LogP contribution is -2.45. The van der Waals surface area contributed by atoms with E-state index in [9.17, 15) is 4.79 Å². The van der Waals surface area contributed by atoms with Gasteiger partial charge < -0.3 is 18.0 Å². The maximum Gasteiger partial charge on any atom is 0.242 e. The first-order valence-corrected chi connectivity index (χ1v) is 21.4. The van der Waals surface area contributed by atoms with E-state index in [1.54, 1.807) is 0 Å². The monoisotopic (exact) mass is 488 g/mol. The van der Waals surface area contributed by atoms with Crippen molar-refractivity contribution in [3.63, 3.8) is 0 Å². The topological polar surface area (TPSA) is 54.0 Å². The van der Waals surface area contributed by atoms with Crippen molar-refractivity contribution in [2.45, 2.75) is 71.1 Å². The van der Waals surface area contributed by atoms with Gasteiger partial charge in [0.1, 0.15) is 22.8 Å². The molecule has 174 valence electrons. The van der Waals surface area contributed by atoms with E-state index in [-0.39, 0.29) is 5.78 Å². The maximum atomic E-state index is 13.9.